The summed E-state index contributed by atoms with van der Waals surface area (Å²) in [7, 11) is 0. The Morgan fingerprint density at radius 3 is 2.90 bits per heavy atom. The lowest BCUT2D eigenvalue weighted by Crippen LogP contribution is -2.17. The molecule has 1 aliphatic rings. The van der Waals surface area contributed by atoms with Gasteiger partial charge < -0.3 is 9.47 Å². The molecule has 0 bridgehead atoms. The van der Waals surface area contributed by atoms with E-state index in [1.54, 1.807) is 0 Å². The number of ether oxygens (including phenoxy) is 2. The van der Waals surface area contributed by atoms with Crippen molar-refractivity contribution < 1.29 is 14.3 Å². The van der Waals surface area contributed by atoms with Crippen molar-refractivity contribution in [3.63, 3.8) is 0 Å². The first kappa shape index (κ1) is 7.54. The van der Waals surface area contributed by atoms with E-state index in [0.717, 1.165) is 0 Å². The molecule has 3 heteroatoms. The summed E-state index contributed by atoms with van der Waals surface area (Å²) in [6, 6.07) is 0. The minimum atomic E-state index is -0.306. The van der Waals surface area contributed by atoms with Gasteiger partial charge in [0.2, 0.25) is 0 Å². The number of hydrogen-bond acceptors (Lipinski definition) is 3. The zero-order valence-electron chi connectivity index (χ0n) is 6.29. The van der Waals surface area contributed by atoms with Gasteiger partial charge >= 0.3 is 5.97 Å². The highest BCUT2D eigenvalue weighted by atomic mass is 16.6. The summed E-state index contributed by atoms with van der Waals surface area (Å²) in [5.74, 6) is -0.214. The third-order valence-electron chi connectivity index (χ3n) is 1.49. The maximum absolute atomic E-state index is 10.8. The Balaban J connectivity index is 2.39. The quantitative estimate of drug-likeness (QED) is 0.536. The molecule has 2 atom stereocenters. The molecule has 1 saturated heterocycles. The second kappa shape index (κ2) is 3.01. The van der Waals surface area contributed by atoms with Crippen LogP contribution in [0.4, 0.5) is 0 Å². The largest absolute Gasteiger partial charge is 0.461 e. The minimum absolute atomic E-state index is 0.0315. The first-order chi connectivity index (χ1) is 4.74. The molecule has 3 nitrogen and oxygen atoms in total. The number of carbonyl (C=O) groups is 1. The summed E-state index contributed by atoms with van der Waals surface area (Å²) in [5.41, 5.74) is 0. The van der Waals surface area contributed by atoms with E-state index in [-0.39, 0.29) is 18.2 Å². The fourth-order valence-corrected chi connectivity index (χ4v) is 1.06. The van der Waals surface area contributed by atoms with Gasteiger partial charge in [0, 0.05) is 13.0 Å². The average molecular weight is 144 g/mol. The molecule has 1 rings (SSSR count). The van der Waals surface area contributed by atoms with Gasteiger partial charge in [-0.1, -0.05) is 0 Å². The van der Waals surface area contributed by atoms with Crippen molar-refractivity contribution in [2.75, 3.05) is 6.61 Å². The molecule has 0 N–H and O–H groups in total. The number of hydrogen-bond donors (Lipinski definition) is 0. The molecule has 0 aromatic heterocycles. The van der Waals surface area contributed by atoms with Gasteiger partial charge in [-0.2, -0.15) is 0 Å². The molecule has 0 aromatic carbocycles. The summed E-state index contributed by atoms with van der Waals surface area (Å²) in [6.07, 6.45) is 0.427. The van der Waals surface area contributed by atoms with Crippen molar-refractivity contribution in [2.45, 2.75) is 32.5 Å². The predicted octanol–water partition coefficient (Wildman–Crippen LogP) is 0.727. The van der Waals surface area contributed by atoms with Crippen LogP contribution in [0.2, 0.25) is 0 Å². The maximum atomic E-state index is 10.8. The Morgan fingerprint density at radius 2 is 2.50 bits per heavy atom. The fourth-order valence-electron chi connectivity index (χ4n) is 1.06. The Labute approximate surface area is 60.3 Å². The number of carbonyl (C=O) groups excluding carboxylic acids is 1. The monoisotopic (exact) mass is 144 g/mol. The minimum Gasteiger partial charge on any atom is -0.461 e. The van der Waals surface area contributed by atoms with E-state index < -0.39 is 0 Å². The number of esters is 1. The molecule has 0 spiro atoms. The van der Waals surface area contributed by atoms with Crippen molar-refractivity contribution in [2.24, 2.45) is 0 Å². The molecule has 0 saturated carbocycles. The van der Waals surface area contributed by atoms with E-state index in [4.69, 9.17) is 9.47 Å². The molecule has 1 fully saturated rings. The Bertz CT molecular complexity index is 133. The summed E-state index contributed by atoms with van der Waals surface area (Å²) in [5, 5.41) is 0. The number of cyclic esters (lactones) is 1. The lowest BCUT2D eigenvalue weighted by Gasteiger charge is -2.02. The van der Waals surface area contributed by atoms with Gasteiger partial charge in [0.05, 0.1) is 0 Å². The zero-order valence-corrected chi connectivity index (χ0v) is 6.29. The van der Waals surface area contributed by atoms with Crippen LogP contribution >= 0.6 is 0 Å². The summed E-state index contributed by atoms with van der Waals surface area (Å²) in [6.45, 7) is 4.32. The third-order valence-corrected chi connectivity index (χ3v) is 1.49. The van der Waals surface area contributed by atoms with E-state index in [2.05, 4.69) is 0 Å². The summed E-state index contributed by atoms with van der Waals surface area (Å²) >= 11 is 0. The lowest BCUT2D eigenvalue weighted by molar-refractivity contribution is -0.149. The Kier molecular flexibility index (Phi) is 2.27. The maximum Gasteiger partial charge on any atom is 0.335 e. The molecule has 0 amide bonds. The highest BCUT2D eigenvalue weighted by molar-refractivity contribution is 5.76. The van der Waals surface area contributed by atoms with Crippen molar-refractivity contribution >= 4 is 5.97 Å². The highest BCUT2D eigenvalue weighted by Crippen LogP contribution is 2.16. The molecule has 0 aliphatic carbocycles. The topological polar surface area (TPSA) is 35.5 Å². The molecule has 0 aromatic rings. The Morgan fingerprint density at radius 1 is 1.80 bits per heavy atom. The lowest BCUT2D eigenvalue weighted by atomic mass is 10.2. The normalized spacial score (nSPS) is 32.4. The molecule has 1 heterocycles. The van der Waals surface area contributed by atoms with Gasteiger partial charge in [-0.05, 0) is 13.8 Å². The van der Waals surface area contributed by atoms with Gasteiger partial charge in [0.1, 0.15) is 6.10 Å². The second-order valence-corrected chi connectivity index (χ2v) is 2.43. The van der Waals surface area contributed by atoms with E-state index in [0.29, 0.717) is 13.0 Å². The van der Waals surface area contributed by atoms with E-state index >= 15 is 0 Å². The zero-order chi connectivity index (χ0) is 7.56. The van der Waals surface area contributed by atoms with Crippen LogP contribution in [0.25, 0.3) is 0 Å². The second-order valence-electron chi connectivity index (χ2n) is 2.43. The van der Waals surface area contributed by atoms with Crippen molar-refractivity contribution in [3.8, 4) is 0 Å². The predicted molar refractivity (Wildman–Crippen MR) is 35.6 cm³/mol. The van der Waals surface area contributed by atoms with Crippen LogP contribution in [0.5, 0.6) is 0 Å². The van der Waals surface area contributed by atoms with Crippen molar-refractivity contribution in [3.05, 3.63) is 0 Å². The molecule has 0 unspecified atom stereocenters. The third kappa shape index (κ3) is 1.48. The van der Waals surface area contributed by atoms with Crippen LogP contribution in [-0.4, -0.2) is 24.8 Å². The SMILES string of the molecule is CCO[C@H]1C[C@H](C)OC1=O. The fraction of sp³-hybridized carbons (Fsp3) is 0.857. The van der Waals surface area contributed by atoms with Crippen molar-refractivity contribution in [1.82, 2.24) is 0 Å². The molecular weight excluding hydrogens is 132 g/mol. The van der Waals surface area contributed by atoms with Crippen LogP contribution in [0, 0.1) is 0 Å². The van der Waals surface area contributed by atoms with Crippen LogP contribution in [0.1, 0.15) is 20.3 Å². The van der Waals surface area contributed by atoms with E-state index in [1.807, 2.05) is 13.8 Å². The first-order valence-electron chi connectivity index (χ1n) is 3.56. The van der Waals surface area contributed by atoms with Gasteiger partial charge in [0.25, 0.3) is 0 Å². The highest BCUT2D eigenvalue weighted by Gasteiger charge is 2.31. The summed E-state index contributed by atoms with van der Waals surface area (Å²) in [4.78, 5) is 10.8. The molecule has 10 heavy (non-hydrogen) atoms. The van der Waals surface area contributed by atoms with E-state index in [1.165, 1.54) is 0 Å². The van der Waals surface area contributed by atoms with E-state index in [9.17, 15) is 4.79 Å². The molecule has 1 aliphatic heterocycles. The molecule has 58 valence electrons. The van der Waals surface area contributed by atoms with Gasteiger partial charge in [-0.3, -0.25) is 0 Å². The van der Waals surface area contributed by atoms with Crippen molar-refractivity contribution in [1.29, 1.82) is 0 Å². The number of rotatable bonds is 2. The van der Waals surface area contributed by atoms with Crippen LogP contribution in [-0.2, 0) is 14.3 Å². The average Bonchev–Trinajstić information content (AvgIpc) is 2.13. The first-order valence-corrected chi connectivity index (χ1v) is 3.56. The van der Waals surface area contributed by atoms with Crippen LogP contribution < -0.4 is 0 Å². The smallest absolute Gasteiger partial charge is 0.335 e. The van der Waals surface area contributed by atoms with Gasteiger partial charge in [0.15, 0.2) is 6.10 Å². The van der Waals surface area contributed by atoms with Crippen LogP contribution in [0.15, 0.2) is 0 Å². The summed E-state index contributed by atoms with van der Waals surface area (Å²) < 4.78 is 9.97. The molecular formula is C7H12O3. The van der Waals surface area contributed by atoms with Crippen LogP contribution in [0.3, 0.4) is 0 Å². The standard InChI is InChI=1S/C7H12O3/c1-3-9-6-4-5(2)10-7(6)8/h5-6H,3-4H2,1-2H3/t5-,6-/m0/s1. The Hall–Kier alpha value is -0.570. The van der Waals surface area contributed by atoms with Gasteiger partial charge in [-0.25, -0.2) is 4.79 Å². The van der Waals surface area contributed by atoms with Gasteiger partial charge in [-0.15, -0.1) is 0 Å². The molecule has 0 radical (unpaired) electrons.